The van der Waals surface area contributed by atoms with E-state index in [1.807, 2.05) is 6.07 Å². The standard InChI is InChI=1S/C17H21NO/c1-4-17(18)14-7-5-13(6-8-14)16-10-9-15(19-3)11-12(16)2/h5-11,17H,4,18H2,1-3H3. The first kappa shape index (κ1) is 13.6. The van der Waals surface area contributed by atoms with E-state index in [0.717, 1.165) is 12.2 Å². The van der Waals surface area contributed by atoms with Gasteiger partial charge in [-0.1, -0.05) is 37.3 Å². The van der Waals surface area contributed by atoms with E-state index in [9.17, 15) is 0 Å². The highest BCUT2D eigenvalue weighted by molar-refractivity contribution is 5.68. The summed E-state index contributed by atoms with van der Waals surface area (Å²) in [5, 5.41) is 0. The molecular formula is C17H21NO. The molecule has 0 saturated carbocycles. The van der Waals surface area contributed by atoms with E-state index >= 15 is 0 Å². The lowest BCUT2D eigenvalue weighted by atomic mass is 9.97. The van der Waals surface area contributed by atoms with Gasteiger partial charge in [0.15, 0.2) is 0 Å². The van der Waals surface area contributed by atoms with Crippen molar-refractivity contribution in [3.8, 4) is 16.9 Å². The lowest BCUT2D eigenvalue weighted by Crippen LogP contribution is -2.08. The second-order valence-corrected chi connectivity index (χ2v) is 4.82. The lowest BCUT2D eigenvalue weighted by molar-refractivity contribution is 0.414. The first-order valence-corrected chi connectivity index (χ1v) is 6.66. The highest BCUT2D eigenvalue weighted by Crippen LogP contribution is 2.28. The van der Waals surface area contributed by atoms with Crippen molar-refractivity contribution in [1.29, 1.82) is 0 Å². The van der Waals surface area contributed by atoms with Gasteiger partial charge in [0.25, 0.3) is 0 Å². The van der Waals surface area contributed by atoms with Gasteiger partial charge in [-0.3, -0.25) is 0 Å². The minimum atomic E-state index is 0.131. The molecule has 0 saturated heterocycles. The zero-order chi connectivity index (χ0) is 13.8. The van der Waals surface area contributed by atoms with Gasteiger partial charge in [0, 0.05) is 6.04 Å². The van der Waals surface area contributed by atoms with Crippen molar-refractivity contribution in [3.05, 3.63) is 53.6 Å². The molecule has 100 valence electrons. The number of nitrogens with two attached hydrogens (primary N) is 1. The van der Waals surface area contributed by atoms with Crippen LogP contribution in [0.1, 0.15) is 30.5 Å². The van der Waals surface area contributed by atoms with Crippen LogP contribution in [0.2, 0.25) is 0 Å². The van der Waals surface area contributed by atoms with Gasteiger partial charge in [0.05, 0.1) is 7.11 Å². The number of hydrogen-bond acceptors (Lipinski definition) is 2. The molecule has 2 nitrogen and oxygen atoms in total. The molecule has 19 heavy (non-hydrogen) atoms. The van der Waals surface area contributed by atoms with Crippen molar-refractivity contribution in [2.24, 2.45) is 5.73 Å². The summed E-state index contributed by atoms with van der Waals surface area (Å²) in [6.45, 7) is 4.20. The smallest absolute Gasteiger partial charge is 0.119 e. The monoisotopic (exact) mass is 255 g/mol. The third-order valence-electron chi connectivity index (χ3n) is 3.52. The van der Waals surface area contributed by atoms with Crippen LogP contribution in [0, 0.1) is 6.92 Å². The van der Waals surface area contributed by atoms with Gasteiger partial charge in [-0.05, 0) is 47.7 Å². The molecule has 0 amide bonds. The molecule has 1 atom stereocenters. The highest BCUT2D eigenvalue weighted by Gasteiger charge is 2.06. The first-order valence-electron chi connectivity index (χ1n) is 6.66. The topological polar surface area (TPSA) is 35.2 Å². The van der Waals surface area contributed by atoms with Crippen LogP contribution in [-0.2, 0) is 0 Å². The maximum absolute atomic E-state index is 6.03. The van der Waals surface area contributed by atoms with Crippen molar-refractivity contribution in [2.45, 2.75) is 26.3 Å². The van der Waals surface area contributed by atoms with E-state index in [2.05, 4.69) is 50.2 Å². The average Bonchev–Trinajstić information content (AvgIpc) is 2.46. The Morgan fingerprint density at radius 3 is 2.32 bits per heavy atom. The van der Waals surface area contributed by atoms with Crippen molar-refractivity contribution in [2.75, 3.05) is 7.11 Å². The zero-order valence-corrected chi connectivity index (χ0v) is 11.8. The summed E-state index contributed by atoms with van der Waals surface area (Å²) in [7, 11) is 1.69. The fraction of sp³-hybridized carbons (Fsp3) is 0.294. The predicted octanol–water partition coefficient (Wildman–Crippen LogP) is 4.08. The van der Waals surface area contributed by atoms with Gasteiger partial charge >= 0.3 is 0 Å². The summed E-state index contributed by atoms with van der Waals surface area (Å²) in [5.74, 6) is 0.894. The quantitative estimate of drug-likeness (QED) is 0.893. The normalized spacial score (nSPS) is 12.2. The van der Waals surface area contributed by atoms with Crippen LogP contribution in [0.3, 0.4) is 0 Å². The molecule has 0 heterocycles. The first-order chi connectivity index (χ1) is 9.15. The Kier molecular flexibility index (Phi) is 4.23. The van der Waals surface area contributed by atoms with Gasteiger partial charge in [-0.25, -0.2) is 0 Å². The molecule has 2 heteroatoms. The van der Waals surface area contributed by atoms with Gasteiger partial charge < -0.3 is 10.5 Å². The summed E-state index contributed by atoms with van der Waals surface area (Å²) in [5.41, 5.74) is 10.9. The number of ether oxygens (including phenoxy) is 1. The zero-order valence-electron chi connectivity index (χ0n) is 11.8. The van der Waals surface area contributed by atoms with E-state index in [1.54, 1.807) is 7.11 Å². The lowest BCUT2D eigenvalue weighted by Gasteiger charge is -2.12. The minimum absolute atomic E-state index is 0.131. The van der Waals surface area contributed by atoms with E-state index in [1.165, 1.54) is 22.3 Å². The molecule has 0 radical (unpaired) electrons. The number of benzene rings is 2. The fourth-order valence-electron chi connectivity index (χ4n) is 2.23. The molecule has 0 fully saturated rings. The summed E-state index contributed by atoms with van der Waals surface area (Å²) >= 11 is 0. The van der Waals surface area contributed by atoms with Crippen molar-refractivity contribution in [1.82, 2.24) is 0 Å². The number of aryl methyl sites for hydroxylation is 1. The molecule has 0 aromatic heterocycles. The van der Waals surface area contributed by atoms with Crippen LogP contribution < -0.4 is 10.5 Å². The van der Waals surface area contributed by atoms with Crippen LogP contribution >= 0.6 is 0 Å². The Hall–Kier alpha value is -1.80. The molecule has 2 N–H and O–H groups in total. The Balaban J connectivity index is 2.32. The van der Waals surface area contributed by atoms with E-state index in [-0.39, 0.29) is 6.04 Å². The molecule has 0 bridgehead atoms. The summed E-state index contributed by atoms with van der Waals surface area (Å²) in [4.78, 5) is 0. The summed E-state index contributed by atoms with van der Waals surface area (Å²) in [6.07, 6.45) is 0.959. The molecule has 0 aliphatic carbocycles. The predicted molar refractivity (Wildman–Crippen MR) is 80.4 cm³/mol. The molecule has 1 unspecified atom stereocenters. The molecule has 2 aromatic carbocycles. The van der Waals surface area contributed by atoms with Crippen LogP contribution in [-0.4, -0.2) is 7.11 Å². The molecule has 0 aliphatic heterocycles. The second kappa shape index (κ2) is 5.89. The largest absolute Gasteiger partial charge is 0.497 e. The average molecular weight is 255 g/mol. The molecular weight excluding hydrogens is 234 g/mol. The third kappa shape index (κ3) is 2.96. The van der Waals surface area contributed by atoms with Crippen LogP contribution in [0.15, 0.2) is 42.5 Å². The fourth-order valence-corrected chi connectivity index (χ4v) is 2.23. The Morgan fingerprint density at radius 1 is 1.11 bits per heavy atom. The second-order valence-electron chi connectivity index (χ2n) is 4.82. The van der Waals surface area contributed by atoms with Crippen molar-refractivity contribution >= 4 is 0 Å². The van der Waals surface area contributed by atoms with Gasteiger partial charge in [-0.15, -0.1) is 0 Å². The van der Waals surface area contributed by atoms with Gasteiger partial charge in [-0.2, -0.15) is 0 Å². The van der Waals surface area contributed by atoms with Crippen LogP contribution in [0.5, 0.6) is 5.75 Å². The Bertz CT molecular complexity index is 546. The highest BCUT2D eigenvalue weighted by atomic mass is 16.5. The maximum Gasteiger partial charge on any atom is 0.119 e. The van der Waals surface area contributed by atoms with E-state index < -0.39 is 0 Å². The molecule has 0 aliphatic rings. The minimum Gasteiger partial charge on any atom is -0.497 e. The van der Waals surface area contributed by atoms with Crippen LogP contribution in [0.4, 0.5) is 0 Å². The molecule has 2 aromatic rings. The van der Waals surface area contributed by atoms with Crippen molar-refractivity contribution in [3.63, 3.8) is 0 Å². The Labute approximate surface area is 115 Å². The number of hydrogen-bond donors (Lipinski definition) is 1. The van der Waals surface area contributed by atoms with Gasteiger partial charge in [0.1, 0.15) is 5.75 Å². The Morgan fingerprint density at radius 2 is 1.79 bits per heavy atom. The summed E-state index contributed by atoms with van der Waals surface area (Å²) in [6, 6.07) is 14.8. The molecule has 0 spiro atoms. The van der Waals surface area contributed by atoms with Crippen LogP contribution in [0.25, 0.3) is 11.1 Å². The number of rotatable bonds is 4. The summed E-state index contributed by atoms with van der Waals surface area (Å²) < 4.78 is 5.23. The van der Waals surface area contributed by atoms with E-state index in [0.29, 0.717) is 0 Å². The molecule has 2 rings (SSSR count). The maximum atomic E-state index is 6.03. The number of methoxy groups -OCH3 is 1. The van der Waals surface area contributed by atoms with E-state index in [4.69, 9.17) is 10.5 Å². The van der Waals surface area contributed by atoms with Gasteiger partial charge in [0.2, 0.25) is 0 Å². The van der Waals surface area contributed by atoms with Crippen molar-refractivity contribution < 1.29 is 4.74 Å². The third-order valence-corrected chi connectivity index (χ3v) is 3.52. The SMILES string of the molecule is CCC(N)c1ccc(-c2ccc(OC)cc2C)cc1.